The van der Waals surface area contributed by atoms with E-state index in [9.17, 15) is 0 Å². The first kappa shape index (κ1) is 9.29. The van der Waals surface area contributed by atoms with E-state index in [1.54, 1.807) is 0 Å². The minimum absolute atomic E-state index is 0.799. The second-order valence-corrected chi connectivity index (χ2v) is 3.22. The molecule has 0 aromatic heterocycles. The zero-order valence-electron chi connectivity index (χ0n) is 6.65. The highest BCUT2D eigenvalue weighted by Gasteiger charge is 2.07. The second kappa shape index (κ2) is 5.10. The molecule has 0 saturated heterocycles. The number of hydrogen-bond acceptors (Lipinski definition) is 0. The summed E-state index contributed by atoms with van der Waals surface area (Å²) < 4.78 is 0. The van der Waals surface area contributed by atoms with Crippen LogP contribution in [0.25, 0.3) is 0 Å². The van der Waals surface area contributed by atoms with Gasteiger partial charge in [-0.25, -0.2) is 0 Å². The van der Waals surface area contributed by atoms with Crippen molar-refractivity contribution in [3.63, 3.8) is 0 Å². The SMILES string of the molecule is CCC(C)C(C)CCCl. The summed E-state index contributed by atoms with van der Waals surface area (Å²) in [5.74, 6) is 2.45. The quantitative estimate of drug-likeness (QED) is 0.537. The third-order valence-corrected chi connectivity index (χ3v) is 2.40. The van der Waals surface area contributed by atoms with Gasteiger partial charge in [0, 0.05) is 5.88 Å². The summed E-state index contributed by atoms with van der Waals surface area (Å²) in [5, 5.41) is 0. The van der Waals surface area contributed by atoms with Crippen molar-refractivity contribution in [3.8, 4) is 0 Å². The van der Waals surface area contributed by atoms with Crippen LogP contribution in [0.5, 0.6) is 0 Å². The van der Waals surface area contributed by atoms with E-state index in [1.807, 2.05) is 0 Å². The third-order valence-electron chi connectivity index (χ3n) is 2.18. The summed E-state index contributed by atoms with van der Waals surface area (Å²) in [5.41, 5.74) is 0. The summed E-state index contributed by atoms with van der Waals surface area (Å²) >= 11 is 5.60. The molecule has 0 fully saturated rings. The Balaban J connectivity index is 3.32. The molecule has 0 saturated carbocycles. The van der Waals surface area contributed by atoms with Crippen LogP contribution in [0.4, 0.5) is 0 Å². The molecule has 1 heteroatoms. The zero-order chi connectivity index (χ0) is 7.28. The Kier molecular flexibility index (Phi) is 5.27. The van der Waals surface area contributed by atoms with Gasteiger partial charge in [-0.2, -0.15) is 0 Å². The fourth-order valence-corrected chi connectivity index (χ4v) is 1.20. The van der Waals surface area contributed by atoms with E-state index in [2.05, 4.69) is 20.8 Å². The summed E-state index contributed by atoms with van der Waals surface area (Å²) in [7, 11) is 0. The van der Waals surface area contributed by atoms with E-state index in [0.717, 1.165) is 24.1 Å². The van der Waals surface area contributed by atoms with Crippen LogP contribution in [-0.4, -0.2) is 5.88 Å². The van der Waals surface area contributed by atoms with Crippen molar-refractivity contribution < 1.29 is 0 Å². The average molecular weight is 149 g/mol. The van der Waals surface area contributed by atoms with Crippen molar-refractivity contribution in [2.45, 2.75) is 33.6 Å². The number of hydrogen-bond donors (Lipinski definition) is 0. The third kappa shape index (κ3) is 3.80. The van der Waals surface area contributed by atoms with Crippen LogP contribution in [-0.2, 0) is 0 Å². The molecule has 0 radical (unpaired) electrons. The maximum Gasteiger partial charge on any atom is 0.0226 e. The maximum atomic E-state index is 5.60. The molecule has 0 N–H and O–H groups in total. The Labute approximate surface area is 63.6 Å². The van der Waals surface area contributed by atoms with Gasteiger partial charge in [0.05, 0.1) is 0 Å². The van der Waals surface area contributed by atoms with Gasteiger partial charge in [-0.1, -0.05) is 27.2 Å². The lowest BCUT2D eigenvalue weighted by Gasteiger charge is -2.15. The van der Waals surface area contributed by atoms with Gasteiger partial charge in [0.2, 0.25) is 0 Å². The van der Waals surface area contributed by atoms with Crippen LogP contribution >= 0.6 is 11.6 Å². The van der Waals surface area contributed by atoms with Crippen molar-refractivity contribution in [2.24, 2.45) is 11.8 Å². The molecule has 56 valence electrons. The first-order valence-corrected chi connectivity index (χ1v) is 4.31. The molecule has 0 heterocycles. The molecule has 0 aromatic carbocycles. The van der Waals surface area contributed by atoms with E-state index >= 15 is 0 Å². The minimum atomic E-state index is 0.799. The topological polar surface area (TPSA) is 0 Å². The number of alkyl halides is 1. The predicted molar refractivity (Wildman–Crippen MR) is 44.0 cm³/mol. The minimum Gasteiger partial charge on any atom is -0.127 e. The van der Waals surface area contributed by atoms with Gasteiger partial charge < -0.3 is 0 Å². The van der Waals surface area contributed by atoms with E-state index in [1.165, 1.54) is 6.42 Å². The van der Waals surface area contributed by atoms with Crippen LogP contribution in [0.2, 0.25) is 0 Å². The van der Waals surface area contributed by atoms with Gasteiger partial charge >= 0.3 is 0 Å². The molecule has 9 heavy (non-hydrogen) atoms. The summed E-state index contributed by atoms with van der Waals surface area (Å²) in [6, 6.07) is 0. The van der Waals surface area contributed by atoms with Crippen molar-refractivity contribution in [2.75, 3.05) is 5.88 Å². The van der Waals surface area contributed by atoms with Crippen molar-refractivity contribution in [1.29, 1.82) is 0 Å². The predicted octanol–water partition coefficient (Wildman–Crippen LogP) is 3.30. The molecular weight excluding hydrogens is 132 g/mol. The smallest absolute Gasteiger partial charge is 0.0226 e. The van der Waals surface area contributed by atoms with Crippen LogP contribution in [0.1, 0.15) is 33.6 Å². The molecule has 0 bridgehead atoms. The van der Waals surface area contributed by atoms with E-state index in [-0.39, 0.29) is 0 Å². The molecule has 0 aliphatic carbocycles. The zero-order valence-corrected chi connectivity index (χ0v) is 7.41. The van der Waals surface area contributed by atoms with Gasteiger partial charge in [-0.3, -0.25) is 0 Å². The molecule has 0 nitrogen and oxygen atoms in total. The van der Waals surface area contributed by atoms with Gasteiger partial charge in [0.15, 0.2) is 0 Å². The number of rotatable bonds is 4. The first-order valence-electron chi connectivity index (χ1n) is 3.78. The molecule has 0 aliphatic rings. The van der Waals surface area contributed by atoms with Crippen LogP contribution in [0.3, 0.4) is 0 Å². The standard InChI is InChI=1S/C8H17Cl/c1-4-7(2)8(3)5-6-9/h7-8H,4-6H2,1-3H3. The lowest BCUT2D eigenvalue weighted by molar-refractivity contribution is 0.369. The molecule has 0 aliphatic heterocycles. The highest BCUT2D eigenvalue weighted by molar-refractivity contribution is 6.17. The Bertz CT molecular complexity index is 61.6. The monoisotopic (exact) mass is 148 g/mol. The maximum absolute atomic E-state index is 5.60. The van der Waals surface area contributed by atoms with Crippen LogP contribution in [0, 0.1) is 11.8 Å². The van der Waals surface area contributed by atoms with E-state index in [0.29, 0.717) is 0 Å². The highest BCUT2D eigenvalue weighted by Crippen LogP contribution is 2.17. The molecular formula is C8H17Cl. The molecule has 2 atom stereocenters. The molecule has 0 aromatic rings. The lowest BCUT2D eigenvalue weighted by atomic mass is 9.92. The Morgan fingerprint density at radius 3 is 2.11 bits per heavy atom. The van der Waals surface area contributed by atoms with Crippen LogP contribution in [0.15, 0.2) is 0 Å². The average Bonchev–Trinajstić information content (AvgIpc) is 1.87. The van der Waals surface area contributed by atoms with Gasteiger partial charge in [0.1, 0.15) is 0 Å². The number of halogens is 1. The summed E-state index contributed by atoms with van der Waals surface area (Å²) in [6.07, 6.45) is 2.44. The lowest BCUT2D eigenvalue weighted by Crippen LogP contribution is -2.06. The first-order chi connectivity index (χ1) is 4.22. The van der Waals surface area contributed by atoms with Crippen molar-refractivity contribution >= 4 is 11.6 Å². The molecule has 0 spiro atoms. The van der Waals surface area contributed by atoms with Crippen LogP contribution < -0.4 is 0 Å². The Hall–Kier alpha value is 0.290. The fraction of sp³-hybridized carbons (Fsp3) is 1.00. The Morgan fingerprint density at radius 1 is 1.22 bits per heavy atom. The molecule has 2 unspecified atom stereocenters. The fourth-order valence-electron chi connectivity index (χ4n) is 0.859. The van der Waals surface area contributed by atoms with Crippen molar-refractivity contribution in [1.82, 2.24) is 0 Å². The second-order valence-electron chi connectivity index (χ2n) is 2.84. The summed E-state index contributed by atoms with van der Waals surface area (Å²) in [6.45, 7) is 6.79. The summed E-state index contributed by atoms with van der Waals surface area (Å²) in [4.78, 5) is 0. The Morgan fingerprint density at radius 2 is 1.78 bits per heavy atom. The highest BCUT2D eigenvalue weighted by atomic mass is 35.5. The molecule has 0 amide bonds. The van der Waals surface area contributed by atoms with E-state index in [4.69, 9.17) is 11.6 Å². The molecule has 0 rings (SSSR count). The van der Waals surface area contributed by atoms with Gasteiger partial charge in [-0.15, -0.1) is 11.6 Å². The van der Waals surface area contributed by atoms with E-state index < -0.39 is 0 Å². The largest absolute Gasteiger partial charge is 0.127 e. The van der Waals surface area contributed by atoms with Gasteiger partial charge in [0.25, 0.3) is 0 Å². The van der Waals surface area contributed by atoms with Crippen molar-refractivity contribution in [3.05, 3.63) is 0 Å². The van der Waals surface area contributed by atoms with Gasteiger partial charge in [-0.05, 0) is 18.3 Å². The normalized spacial score (nSPS) is 17.3.